The number of fused-ring (bicyclic) bond motifs is 1. The quantitative estimate of drug-likeness (QED) is 0.197. The molecule has 7 atom stereocenters. The van der Waals surface area contributed by atoms with Crippen LogP contribution in [0, 0.1) is 17.8 Å². The van der Waals surface area contributed by atoms with E-state index in [4.69, 9.17) is 4.84 Å². The highest BCUT2D eigenvalue weighted by Crippen LogP contribution is 2.33. The zero-order chi connectivity index (χ0) is 23.2. The molecule has 0 bridgehead atoms. The molecule has 2 aliphatic heterocycles. The lowest BCUT2D eigenvalue weighted by Crippen LogP contribution is -2.64. The van der Waals surface area contributed by atoms with Crippen LogP contribution in [0.3, 0.4) is 0 Å². The third kappa shape index (κ3) is 6.41. The number of hydrazine groups is 1. The Balaban J connectivity index is 1.07. The molecule has 33 heavy (non-hydrogen) atoms. The van der Waals surface area contributed by atoms with Gasteiger partial charge in [-0.15, -0.1) is 0 Å². The van der Waals surface area contributed by atoms with Gasteiger partial charge in [-0.05, 0) is 51.5 Å². The number of hydroxylamine groups is 1. The van der Waals surface area contributed by atoms with E-state index in [0.29, 0.717) is 38.1 Å². The fourth-order valence-corrected chi connectivity index (χ4v) is 5.74. The zero-order valence-corrected chi connectivity index (χ0v) is 19.2. The van der Waals surface area contributed by atoms with E-state index in [2.05, 4.69) is 32.3 Å². The van der Waals surface area contributed by atoms with Crippen molar-refractivity contribution in [2.45, 2.75) is 95.0 Å². The highest BCUT2D eigenvalue weighted by molar-refractivity contribution is 5.79. The number of aliphatic hydroxyl groups excluding tert-OH is 2. The van der Waals surface area contributed by atoms with Gasteiger partial charge in [-0.1, -0.05) is 12.8 Å². The first-order chi connectivity index (χ1) is 16.0. The largest absolute Gasteiger partial charge is 0.393 e. The third-order valence-electron chi connectivity index (χ3n) is 7.58. The van der Waals surface area contributed by atoms with Gasteiger partial charge < -0.3 is 20.8 Å². The lowest BCUT2D eigenvalue weighted by molar-refractivity contribution is -0.134. The molecule has 11 nitrogen and oxygen atoms in total. The predicted molar refractivity (Wildman–Crippen MR) is 120 cm³/mol. The van der Waals surface area contributed by atoms with Gasteiger partial charge in [-0.25, -0.2) is 5.43 Å². The minimum atomic E-state index is -0.568. The van der Waals surface area contributed by atoms with Crippen molar-refractivity contribution in [3.05, 3.63) is 0 Å². The molecule has 11 heteroatoms. The minimum Gasteiger partial charge on any atom is -0.393 e. The zero-order valence-electron chi connectivity index (χ0n) is 19.2. The normalized spacial score (nSPS) is 39.0. The molecule has 2 saturated carbocycles. The summed E-state index contributed by atoms with van der Waals surface area (Å²) in [6, 6.07) is 0. The maximum absolute atomic E-state index is 12.2. The van der Waals surface area contributed by atoms with Crippen molar-refractivity contribution in [2.75, 3.05) is 13.1 Å². The highest BCUT2D eigenvalue weighted by Gasteiger charge is 2.41. The number of carbonyl (C=O) groups excluding carboxylic acids is 2. The Morgan fingerprint density at radius 1 is 1.06 bits per heavy atom. The van der Waals surface area contributed by atoms with Crippen LogP contribution in [0.4, 0.5) is 0 Å². The predicted octanol–water partition coefficient (Wildman–Crippen LogP) is -1.07. The summed E-state index contributed by atoms with van der Waals surface area (Å²) in [4.78, 5) is 29.7. The average Bonchev–Trinajstić information content (AvgIpc) is 3.27. The Morgan fingerprint density at radius 3 is 2.67 bits per heavy atom. The first-order valence-electron chi connectivity index (χ1n) is 12.6. The Bertz CT molecular complexity index is 659. The van der Waals surface area contributed by atoms with Crippen LogP contribution < -0.4 is 32.3 Å². The van der Waals surface area contributed by atoms with Gasteiger partial charge in [-0.3, -0.25) is 25.2 Å². The molecule has 2 saturated heterocycles. The second kappa shape index (κ2) is 11.9. The fourth-order valence-electron chi connectivity index (χ4n) is 5.74. The van der Waals surface area contributed by atoms with Crippen LogP contribution in [0.5, 0.6) is 0 Å². The number of amides is 2. The summed E-state index contributed by atoms with van der Waals surface area (Å²) in [6.07, 6.45) is 6.40. The van der Waals surface area contributed by atoms with Crippen LogP contribution in [0.2, 0.25) is 0 Å². The molecule has 4 rings (SSSR count). The van der Waals surface area contributed by atoms with Gasteiger partial charge in [0.15, 0.2) is 0 Å². The van der Waals surface area contributed by atoms with Gasteiger partial charge in [0.2, 0.25) is 11.8 Å². The maximum atomic E-state index is 12.2. The van der Waals surface area contributed by atoms with Gasteiger partial charge in [0.05, 0.1) is 24.5 Å². The Hall–Kier alpha value is -1.34. The van der Waals surface area contributed by atoms with Crippen molar-refractivity contribution in [3.63, 3.8) is 0 Å². The van der Waals surface area contributed by atoms with E-state index in [0.717, 1.165) is 38.6 Å². The number of hydrogen-bond acceptors (Lipinski definition) is 9. The number of aliphatic hydroxyl groups is 2. The number of rotatable bonds is 9. The summed E-state index contributed by atoms with van der Waals surface area (Å²) in [7, 11) is 0. The van der Waals surface area contributed by atoms with E-state index in [9.17, 15) is 19.8 Å². The molecule has 7 unspecified atom stereocenters. The molecule has 4 fully saturated rings. The summed E-state index contributed by atoms with van der Waals surface area (Å²) in [5.41, 5.74) is 8.76. The van der Waals surface area contributed by atoms with Crippen LogP contribution in [0.15, 0.2) is 0 Å². The summed E-state index contributed by atoms with van der Waals surface area (Å²) in [5, 5.41) is 30.1. The van der Waals surface area contributed by atoms with Crippen LogP contribution in [0.1, 0.15) is 64.2 Å². The standard InChI is InChI=1S/C22H40N6O5/c29-15-7-3-8-16(30)19(15)21-25-18(33-28-21)10-9-17(31)23-11-4-12-24-20-13-5-1-2-6-14(13)22(32)27-26-20/h13-16,18-21,24-26,28-30H,1-12H2,(H,23,31)(H,27,32). The Labute approximate surface area is 195 Å². The van der Waals surface area contributed by atoms with Crippen LogP contribution in [-0.2, 0) is 14.4 Å². The molecule has 4 aliphatic rings. The van der Waals surface area contributed by atoms with Gasteiger partial charge >= 0.3 is 0 Å². The van der Waals surface area contributed by atoms with Crippen molar-refractivity contribution in [3.8, 4) is 0 Å². The Morgan fingerprint density at radius 2 is 1.85 bits per heavy atom. The van der Waals surface area contributed by atoms with Gasteiger partial charge in [-0.2, -0.15) is 5.48 Å². The maximum Gasteiger partial charge on any atom is 0.237 e. The van der Waals surface area contributed by atoms with Crippen molar-refractivity contribution in [1.82, 2.24) is 32.3 Å². The number of nitrogens with one attached hydrogen (secondary N) is 6. The lowest BCUT2D eigenvalue weighted by Gasteiger charge is -2.41. The van der Waals surface area contributed by atoms with Crippen molar-refractivity contribution < 1.29 is 24.6 Å². The molecule has 8 N–H and O–H groups in total. The van der Waals surface area contributed by atoms with E-state index in [1.54, 1.807) is 0 Å². The third-order valence-corrected chi connectivity index (χ3v) is 7.58. The first kappa shape index (κ1) is 24.8. The first-order valence-corrected chi connectivity index (χ1v) is 12.6. The fraction of sp³-hybridized carbons (Fsp3) is 0.909. The van der Waals surface area contributed by atoms with E-state index in [-0.39, 0.29) is 42.2 Å². The Kier molecular flexibility index (Phi) is 8.91. The summed E-state index contributed by atoms with van der Waals surface area (Å²) >= 11 is 0. The number of carbonyl (C=O) groups is 2. The molecule has 0 spiro atoms. The topological polar surface area (TPSA) is 156 Å². The summed E-state index contributed by atoms with van der Waals surface area (Å²) < 4.78 is 0. The van der Waals surface area contributed by atoms with Crippen LogP contribution in [0.25, 0.3) is 0 Å². The highest BCUT2D eigenvalue weighted by atomic mass is 16.7. The molecular weight excluding hydrogens is 428 g/mol. The lowest BCUT2D eigenvalue weighted by atomic mass is 9.76. The van der Waals surface area contributed by atoms with E-state index < -0.39 is 12.2 Å². The van der Waals surface area contributed by atoms with Gasteiger partial charge in [0.25, 0.3) is 0 Å². The molecule has 0 aromatic rings. The molecule has 0 radical (unpaired) electrons. The van der Waals surface area contributed by atoms with E-state index in [1.807, 2.05) is 0 Å². The van der Waals surface area contributed by atoms with E-state index >= 15 is 0 Å². The molecule has 0 aromatic heterocycles. The van der Waals surface area contributed by atoms with Crippen molar-refractivity contribution in [1.29, 1.82) is 0 Å². The molecule has 0 aromatic carbocycles. The van der Waals surface area contributed by atoms with Crippen molar-refractivity contribution in [2.24, 2.45) is 17.8 Å². The molecule has 2 heterocycles. The van der Waals surface area contributed by atoms with Crippen molar-refractivity contribution >= 4 is 11.8 Å². The summed E-state index contributed by atoms with van der Waals surface area (Å²) in [6.45, 7) is 1.33. The molecule has 188 valence electrons. The van der Waals surface area contributed by atoms with Crippen LogP contribution >= 0.6 is 0 Å². The SMILES string of the molecule is O=C(CCC1NC(C2C(O)CCCC2O)NO1)NCCCNC1NNC(=O)C2CCCCC12. The smallest absolute Gasteiger partial charge is 0.237 e. The minimum absolute atomic E-state index is 0.0306. The summed E-state index contributed by atoms with van der Waals surface area (Å²) in [5.74, 6) is 0.188. The van der Waals surface area contributed by atoms with Crippen LogP contribution in [-0.4, -0.2) is 65.9 Å². The van der Waals surface area contributed by atoms with Gasteiger partial charge in [0.1, 0.15) is 6.23 Å². The second-order valence-electron chi connectivity index (χ2n) is 9.87. The monoisotopic (exact) mass is 468 g/mol. The average molecular weight is 469 g/mol. The second-order valence-corrected chi connectivity index (χ2v) is 9.87. The van der Waals surface area contributed by atoms with Gasteiger partial charge in [0, 0.05) is 30.7 Å². The number of hydrogen-bond donors (Lipinski definition) is 8. The molecule has 2 aliphatic carbocycles. The van der Waals surface area contributed by atoms with E-state index in [1.165, 1.54) is 6.42 Å². The molecular formula is C22H40N6O5. The molecule has 2 amide bonds.